The molecule has 14 unspecified atom stereocenters. The van der Waals surface area contributed by atoms with Crippen LogP contribution in [0.25, 0.3) is 0 Å². The van der Waals surface area contributed by atoms with Crippen molar-refractivity contribution < 1.29 is 84.7 Å². The normalized spacial score (nSPS) is 45.5. The summed E-state index contributed by atoms with van der Waals surface area (Å²) in [6.45, 7) is 6.74. The van der Waals surface area contributed by atoms with Crippen LogP contribution in [0.2, 0.25) is 0 Å². The summed E-state index contributed by atoms with van der Waals surface area (Å²) >= 11 is 0. The molecule has 0 radical (unpaired) electrons. The molecule has 2 saturated heterocycles. The van der Waals surface area contributed by atoms with Crippen LogP contribution in [-0.2, 0) is 28.5 Å². The Morgan fingerprint density at radius 2 is 1.23 bits per heavy atom. The summed E-state index contributed by atoms with van der Waals surface area (Å²) in [5.41, 5.74) is 6.02. The van der Waals surface area contributed by atoms with Crippen LogP contribution in [0, 0.1) is 17.8 Å². The molecule has 0 aromatic carbocycles. The van der Waals surface area contributed by atoms with Crippen LogP contribution in [0.5, 0.6) is 0 Å². The Bertz CT molecular complexity index is 1670. The maximum atomic E-state index is 12.6. The Morgan fingerprint density at radius 1 is 0.662 bits per heavy atom. The van der Waals surface area contributed by atoms with E-state index >= 15 is 0 Å². The van der Waals surface area contributed by atoms with Gasteiger partial charge in [0.25, 0.3) is 0 Å². The average molecular weight is 924 g/mol. The molecular weight excluding hydrogens is 851 g/mol. The quantitative estimate of drug-likeness (QED) is 0.174. The summed E-state index contributed by atoms with van der Waals surface area (Å²) in [5.74, 6) is -6.83. The van der Waals surface area contributed by atoms with E-state index in [2.05, 4.69) is 0 Å². The number of aliphatic hydroxyl groups excluding tert-OH is 9. The van der Waals surface area contributed by atoms with Gasteiger partial charge in [-0.3, -0.25) is 9.59 Å². The molecule has 3 aliphatic rings. The van der Waals surface area contributed by atoms with Gasteiger partial charge in [0.15, 0.2) is 12.1 Å². The topological polar surface area (TPSA) is 320 Å². The lowest BCUT2D eigenvalue weighted by molar-refractivity contribution is -0.308. The van der Waals surface area contributed by atoms with Crippen molar-refractivity contribution in [3.8, 4) is 0 Å². The highest BCUT2D eigenvalue weighted by Crippen LogP contribution is 2.38. The summed E-state index contributed by atoms with van der Waals surface area (Å²) in [7, 11) is 0. The summed E-state index contributed by atoms with van der Waals surface area (Å²) < 4.78 is 23.1. The van der Waals surface area contributed by atoms with Gasteiger partial charge in [-0.1, -0.05) is 98.9 Å². The van der Waals surface area contributed by atoms with Crippen LogP contribution < -0.4 is 5.73 Å². The fourth-order valence-electron chi connectivity index (χ4n) is 7.97. The molecule has 0 aromatic rings. The lowest BCUT2D eigenvalue weighted by Crippen LogP contribution is -2.61. The number of carbonyl (C=O) groups is 2. The largest absolute Gasteiger partial charge is 0.481 e. The zero-order chi connectivity index (χ0) is 48.4. The third kappa shape index (κ3) is 18.6. The number of aliphatic hydroxyl groups is 10. The van der Waals surface area contributed by atoms with E-state index in [0.29, 0.717) is 0 Å². The molecule has 0 aliphatic carbocycles. The number of nitrogens with two attached hydrogens (primary N) is 1. The minimum atomic E-state index is -2.33. The van der Waals surface area contributed by atoms with E-state index in [4.69, 9.17) is 24.7 Å². The maximum Gasteiger partial charge on any atom is 0.311 e. The third-order valence-corrected chi connectivity index (χ3v) is 12.0. The van der Waals surface area contributed by atoms with Gasteiger partial charge in [0.2, 0.25) is 0 Å². The lowest BCUT2D eigenvalue weighted by atomic mass is 9.82. The van der Waals surface area contributed by atoms with Gasteiger partial charge in [0.05, 0.1) is 79.6 Å². The molecule has 0 saturated carbocycles. The number of hydrogen-bond acceptors (Lipinski definition) is 17. The SMILES string of the molecule is CC1/C=C/C=C\C=C\C=C\C=C\C=C\C=C\C(O[C@@H]2O[C@H](C)[C@@H](O)[C@H](N)[C@@H]2O)CC2OC(O)(CC(O)CC(O)C(O)CCC(O)CC(O)CC(=O)OC(C)C(C)C1O)CC(O)C2C(=O)O. The van der Waals surface area contributed by atoms with Gasteiger partial charge in [-0.2, -0.15) is 0 Å². The molecule has 18 heteroatoms. The van der Waals surface area contributed by atoms with Crippen molar-refractivity contribution in [1.82, 2.24) is 0 Å². The molecule has 65 heavy (non-hydrogen) atoms. The zero-order valence-electron chi connectivity index (χ0n) is 37.6. The van der Waals surface area contributed by atoms with E-state index < -0.39 is 147 Å². The molecule has 0 spiro atoms. The van der Waals surface area contributed by atoms with Crippen LogP contribution in [-0.4, -0.2) is 166 Å². The fraction of sp³-hybridized carbons (Fsp3) is 0.660. The van der Waals surface area contributed by atoms with Gasteiger partial charge in [0, 0.05) is 37.5 Å². The number of carboxylic acid groups (broad SMARTS) is 1. The van der Waals surface area contributed by atoms with E-state index in [1.807, 2.05) is 19.1 Å². The van der Waals surface area contributed by atoms with Crippen LogP contribution in [0.15, 0.2) is 85.1 Å². The zero-order valence-corrected chi connectivity index (χ0v) is 37.6. The molecule has 19 atom stereocenters. The first kappa shape index (κ1) is 55.9. The van der Waals surface area contributed by atoms with E-state index in [-0.39, 0.29) is 31.6 Å². The number of hydrogen-bond donors (Lipinski definition) is 12. The Kier molecular flexibility index (Phi) is 23.6. The summed E-state index contributed by atoms with van der Waals surface area (Å²) in [6.07, 6.45) is 3.46. The second kappa shape index (κ2) is 27.4. The summed E-state index contributed by atoms with van der Waals surface area (Å²) in [6, 6.07) is -1.15. The molecule has 3 aliphatic heterocycles. The van der Waals surface area contributed by atoms with Gasteiger partial charge in [0.1, 0.15) is 18.1 Å². The van der Waals surface area contributed by atoms with Crippen molar-refractivity contribution in [2.24, 2.45) is 23.5 Å². The van der Waals surface area contributed by atoms with Gasteiger partial charge in [-0.15, -0.1) is 0 Å². The number of allylic oxidation sites excluding steroid dienone is 12. The number of cyclic esters (lactones) is 1. The van der Waals surface area contributed by atoms with Crippen molar-refractivity contribution in [3.63, 3.8) is 0 Å². The molecule has 3 heterocycles. The highest BCUT2D eigenvalue weighted by atomic mass is 16.7. The molecule has 2 bridgehead atoms. The van der Waals surface area contributed by atoms with Crippen LogP contribution in [0.4, 0.5) is 0 Å². The smallest absolute Gasteiger partial charge is 0.311 e. The van der Waals surface area contributed by atoms with Crippen LogP contribution >= 0.6 is 0 Å². The molecular formula is C47H73NO17. The Labute approximate surface area is 381 Å². The Morgan fingerprint density at radius 3 is 1.82 bits per heavy atom. The van der Waals surface area contributed by atoms with E-state index in [0.717, 1.165) is 0 Å². The second-order valence-electron chi connectivity index (χ2n) is 17.6. The molecule has 0 aromatic heterocycles. The Balaban J connectivity index is 1.86. The van der Waals surface area contributed by atoms with Crippen molar-refractivity contribution in [3.05, 3.63) is 85.1 Å². The molecule has 13 N–H and O–H groups in total. The minimum absolute atomic E-state index is 0.107. The predicted molar refractivity (Wildman–Crippen MR) is 237 cm³/mol. The fourth-order valence-corrected chi connectivity index (χ4v) is 7.97. The standard InChI is InChI=1S/C47H73NO17/c1-27-17-15-13-11-9-7-5-6-8-10-12-14-16-18-34(64-46-44(58)41(48)43(57)30(4)63-46)24-38-40(45(59)60)37(54)26-47(61,65-38)25-33(51)22-36(53)35(52)20-19-31(49)21-32(50)23-39(55)62-29(3)28(2)42(27)56/h5-18,27-38,40-44,46,49-54,56-58,61H,19-26,48H2,1-4H3,(H,59,60)/b6-5+,9-7+,10-8+,13-11-,14-12+,17-15+,18-16+/t27?,28?,29?,30-,31?,32?,33?,34?,35?,36?,37?,38?,40?,41+,42?,43-,44+,46+,47?/m1/s1. The third-order valence-electron chi connectivity index (χ3n) is 12.0. The first-order valence-corrected chi connectivity index (χ1v) is 22.3. The van der Waals surface area contributed by atoms with Gasteiger partial charge in [-0.25, -0.2) is 0 Å². The average Bonchev–Trinajstić information content (AvgIpc) is 3.21. The van der Waals surface area contributed by atoms with Gasteiger partial charge >= 0.3 is 11.9 Å². The molecule has 368 valence electrons. The second-order valence-corrected chi connectivity index (χ2v) is 17.6. The minimum Gasteiger partial charge on any atom is -0.481 e. The lowest BCUT2D eigenvalue weighted by Gasteiger charge is -2.45. The van der Waals surface area contributed by atoms with E-state index in [9.17, 15) is 65.8 Å². The first-order chi connectivity index (χ1) is 30.6. The van der Waals surface area contributed by atoms with E-state index in [1.54, 1.807) is 80.7 Å². The van der Waals surface area contributed by atoms with Crippen molar-refractivity contribution in [2.75, 3.05) is 0 Å². The van der Waals surface area contributed by atoms with Gasteiger partial charge < -0.3 is 80.9 Å². The number of rotatable bonds is 3. The monoisotopic (exact) mass is 923 g/mol. The van der Waals surface area contributed by atoms with Crippen molar-refractivity contribution in [2.45, 2.75) is 177 Å². The van der Waals surface area contributed by atoms with Crippen LogP contribution in [0.1, 0.15) is 79.1 Å². The summed E-state index contributed by atoms with van der Waals surface area (Å²) in [4.78, 5) is 25.1. The van der Waals surface area contributed by atoms with Crippen molar-refractivity contribution >= 4 is 11.9 Å². The first-order valence-electron chi connectivity index (χ1n) is 22.3. The number of aliphatic carboxylic acids is 1. The predicted octanol–water partition coefficient (Wildman–Crippen LogP) is 0.712. The highest BCUT2D eigenvalue weighted by molar-refractivity contribution is 5.71. The molecule has 18 nitrogen and oxygen atoms in total. The number of fused-ring (bicyclic) bond motifs is 2. The number of esters is 1. The van der Waals surface area contributed by atoms with E-state index in [1.165, 1.54) is 13.0 Å². The number of carboxylic acids is 1. The highest BCUT2D eigenvalue weighted by Gasteiger charge is 2.51. The van der Waals surface area contributed by atoms with Crippen LogP contribution in [0.3, 0.4) is 0 Å². The number of ether oxygens (including phenoxy) is 4. The maximum absolute atomic E-state index is 12.6. The molecule has 0 amide bonds. The van der Waals surface area contributed by atoms with Crippen molar-refractivity contribution in [1.29, 1.82) is 0 Å². The molecule has 2 fully saturated rings. The van der Waals surface area contributed by atoms with Gasteiger partial charge in [-0.05, 0) is 33.1 Å². The number of carbonyl (C=O) groups excluding carboxylic acids is 1. The summed E-state index contributed by atoms with van der Waals surface area (Å²) in [5, 5.41) is 118. The Hall–Kier alpha value is -3.44. The molecule has 3 rings (SSSR count).